The van der Waals surface area contributed by atoms with Gasteiger partial charge in [0.2, 0.25) is 5.13 Å². The van der Waals surface area contributed by atoms with E-state index in [1.165, 1.54) is 23.5 Å². The zero-order valence-corrected chi connectivity index (χ0v) is 16.7. The maximum atomic E-state index is 13.0. The van der Waals surface area contributed by atoms with E-state index in [0.29, 0.717) is 13.0 Å². The second-order valence-corrected chi connectivity index (χ2v) is 8.75. The first kappa shape index (κ1) is 19.5. The Morgan fingerprint density at radius 1 is 1.33 bits per heavy atom. The molecule has 1 unspecified atom stereocenters. The van der Waals surface area contributed by atoms with Crippen LogP contribution < -0.4 is 10.2 Å². The third kappa shape index (κ3) is 5.89. The van der Waals surface area contributed by atoms with Gasteiger partial charge in [-0.3, -0.25) is 0 Å². The van der Waals surface area contributed by atoms with E-state index in [9.17, 15) is 9.18 Å². The van der Waals surface area contributed by atoms with Crippen LogP contribution >= 0.6 is 11.3 Å². The Morgan fingerprint density at radius 2 is 2.07 bits per heavy atom. The number of benzene rings is 1. The van der Waals surface area contributed by atoms with Gasteiger partial charge in [0, 0.05) is 25.6 Å². The van der Waals surface area contributed by atoms with Gasteiger partial charge >= 0.3 is 6.09 Å². The normalized spacial score (nSPS) is 17.6. The number of hydrogen-bond acceptors (Lipinski definition) is 6. The van der Waals surface area contributed by atoms with Crippen molar-refractivity contribution in [1.82, 2.24) is 15.5 Å². The summed E-state index contributed by atoms with van der Waals surface area (Å²) < 4.78 is 18.4. The number of alkyl carbamates (subject to hydrolysis) is 1. The molecule has 1 aromatic carbocycles. The summed E-state index contributed by atoms with van der Waals surface area (Å²) in [7, 11) is 0. The number of rotatable bonds is 4. The molecule has 2 heterocycles. The van der Waals surface area contributed by atoms with Crippen LogP contribution in [0.2, 0.25) is 0 Å². The minimum atomic E-state index is -0.507. The van der Waals surface area contributed by atoms with E-state index in [-0.39, 0.29) is 18.0 Å². The number of hydrogen-bond donors (Lipinski definition) is 1. The largest absolute Gasteiger partial charge is 0.444 e. The first-order valence-electron chi connectivity index (χ1n) is 9.10. The Hall–Kier alpha value is -2.22. The average Bonchev–Trinajstić information content (AvgIpc) is 3.04. The Balaban J connectivity index is 1.57. The number of amides is 1. The molecule has 0 bridgehead atoms. The molecule has 146 valence electrons. The van der Waals surface area contributed by atoms with Gasteiger partial charge in [-0.15, -0.1) is 10.2 Å². The minimum absolute atomic E-state index is 0.0260. The van der Waals surface area contributed by atoms with Gasteiger partial charge in [-0.25, -0.2) is 9.18 Å². The fraction of sp³-hybridized carbons (Fsp3) is 0.526. The van der Waals surface area contributed by atoms with Crippen molar-refractivity contribution in [2.24, 2.45) is 0 Å². The van der Waals surface area contributed by atoms with Crippen LogP contribution in [0.4, 0.5) is 14.3 Å². The van der Waals surface area contributed by atoms with E-state index < -0.39 is 5.60 Å². The third-order valence-corrected chi connectivity index (χ3v) is 5.12. The van der Waals surface area contributed by atoms with Gasteiger partial charge in [0.25, 0.3) is 0 Å². The summed E-state index contributed by atoms with van der Waals surface area (Å²) in [6.45, 7) is 7.12. The summed E-state index contributed by atoms with van der Waals surface area (Å²) in [6, 6.07) is 6.46. The molecule has 0 radical (unpaired) electrons. The van der Waals surface area contributed by atoms with Gasteiger partial charge in [0.05, 0.1) is 0 Å². The topological polar surface area (TPSA) is 67.3 Å². The molecule has 0 spiro atoms. The van der Waals surface area contributed by atoms with Gasteiger partial charge in [0.15, 0.2) is 0 Å². The first-order valence-corrected chi connectivity index (χ1v) is 9.91. The minimum Gasteiger partial charge on any atom is -0.444 e. The standard InChI is InChI=1S/C19H25FN4O2S/c1-19(2,3)26-18(25)21-15-5-4-10-24(12-15)17-23-22-16(27-17)11-13-6-8-14(20)9-7-13/h6-9,15H,4-5,10-12H2,1-3H3,(H,21,25). The molecule has 3 rings (SSSR count). The lowest BCUT2D eigenvalue weighted by atomic mass is 10.1. The van der Waals surface area contributed by atoms with E-state index in [0.717, 1.165) is 35.1 Å². The van der Waals surface area contributed by atoms with Crippen molar-refractivity contribution < 1.29 is 13.9 Å². The monoisotopic (exact) mass is 392 g/mol. The van der Waals surface area contributed by atoms with Crippen LogP contribution in [-0.4, -0.2) is 41.0 Å². The van der Waals surface area contributed by atoms with Crippen LogP contribution in [0.1, 0.15) is 44.2 Å². The molecule has 0 saturated carbocycles. The lowest BCUT2D eigenvalue weighted by Crippen LogP contribution is -2.49. The summed E-state index contributed by atoms with van der Waals surface area (Å²) in [5, 5.41) is 13.3. The average molecular weight is 393 g/mol. The molecule has 0 aliphatic carbocycles. The number of aromatic nitrogens is 2. The molecule has 6 nitrogen and oxygen atoms in total. The Kier molecular flexibility index (Phi) is 5.94. The number of piperidine rings is 1. The number of halogens is 1. The zero-order valence-electron chi connectivity index (χ0n) is 15.9. The van der Waals surface area contributed by atoms with Crippen molar-refractivity contribution in [3.63, 3.8) is 0 Å². The van der Waals surface area contributed by atoms with Gasteiger partial charge < -0.3 is 15.0 Å². The fourth-order valence-corrected chi connectivity index (χ4v) is 3.87. The van der Waals surface area contributed by atoms with Crippen LogP contribution in [0.3, 0.4) is 0 Å². The fourth-order valence-electron chi connectivity index (χ4n) is 2.96. The van der Waals surface area contributed by atoms with Crippen molar-refractivity contribution in [3.8, 4) is 0 Å². The summed E-state index contributed by atoms with van der Waals surface area (Å²) in [5.41, 5.74) is 0.495. The summed E-state index contributed by atoms with van der Waals surface area (Å²) in [5.74, 6) is -0.242. The van der Waals surface area contributed by atoms with Gasteiger partial charge in [-0.05, 0) is 51.3 Å². The lowest BCUT2D eigenvalue weighted by molar-refractivity contribution is 0.0500. The molecule has 1 saturated heterocycles. The van der Waals surface area contributed by atoms with E-state index in [1.807, 2.05) is 20.8 Å². The number of carbonyl (C=O) groups is 1. The van der Waals surface area contributed by atoms with Gasteiger partial charge in [-0.1, -0.05) is 23.5 Å². The molecule has 1 amide bonds. The maximum absolute atomic E-state index is 13.0. The SMILES string of the molecule is CC(C)(C)OC(=O)NC1CCCN(c2nnc(Cc3ccc(F)cc3)s2)C1. The number of ether oxygens (including phenoxy) is 1. The van der Waals surface area contributed by atoms with E-state index in [4.69, 9.17) is 4.74 Å². The molecule has 1 aliphatic heterocycles. The Labute approximate surface area is 162 Å². The molecule has 1 N–H and O–H groups in total. The van der Waals surface area contributed by atoms with E-state index in [2.05, 4.69) is 20.4 Å². The van der Waals surface area contributed by atoms with Crippen molar-refractivity contribution >= 4 is 22.6 Å². The van der Waals surface area contributed by atoms with Crippen LogP contribution in [0.25, 0.3) is 0 Å². The second kappa shape index (κ2) is 8.21. The van der Waals surface area contributed by atoms with Crippen LogP contribution in [0.5, 0.6) is 0 Å². The van der Waals surface area contributed by atoms with Crippen molar-refractivity contribution in [2.45, 2.75) is 51.7 Å². The van der Waals surface area contributed by atoms with Crippen molar-refractivity contribution in [1.29, 1.82) is 0 Å². The predicted octanol–water partition coefficient (Wildman–Crippen LogP) is 3.76. The summed E-state index contributed by atoms with van der Waals surface area (Å²) in [6.07, 6.45) is 2.12. The molecule has 1 aromatic heterocycles. The van der Waals surface area contributed by atoms with Crippen molar-refractivity contribution in [2.75, 3.05) is 18.0 Å². The van der Waals surface area contributed by atoms with Gasteiger partial charge in [-0.2, -0.15) is 0 Å². The smallest absolute Gasteiger partial charge is 0.407 e. The molecule has 1 fully saturated rings. The van der Waals surface area contributed by atoms with E-state index >= 15 is 0 Å². The van der Waals surface area contributed by atoms with E-state index in [1.54, 1.807) is 12.1 Å². The molecule has 8 heteroatoms. The van der Waals surface area contributed by atoms with Crippen LogP contribution in [0, 0.1) is 5.82 Å². The third-order valence-electron chi connectivity index (χ3n) is 4.14. The Bertz CT molecular complexity index is 773. The quantitative estimate of drug-likeness (QED) is 0.858. The predicted molar refractivity (Wildman–Crippen MR) is 104 cm³/mol. The van der Waals surface area contributed by atoms with Gasteiger partial charge in [0.1, 0.15) is 16.4 Å². The maximum Gasteiger partial charge on any atom is 0.407 e. The summed E-state index contributed by atoms with van der Waals surface area (Å²) in [4.78, 5) is 14.1. The highest BCUT2D eigenvalue weighted by molar-refractivity contribution is 7.15. The van der Waals surface area contributed by atoms with Crippen LogP contribution in [-0.2, 0) is 11.2 Å². The number of carbonyl (C=O) groups excluding carboxylic acids is 1. The zero-order chi connectivity index (χ0) is 19.4. The van der Waals surface area contributed by atoms with Crippen molar-refractivity contribution in [3.05, 3.63) is 40.7 Å². The summed E-state index contributed by atoms with van der Waals surface area (Å²) >= 11 is 1.54. The molecule has 27 heavy (non-hydrogen) atoms. The lowest BCUT2D eigenvalue weighted by Gasteiger charge is -2.33. The number of nitrogens with one attached hydrogen (secondary N) is 1. The number of anilines is 1. The first-order chi connectivity index (χ1) is 12.8. The second-order valence-electron chi connectivity index (χ2n) is 7.71. The molecular formula is C19H25FN4O2S. The Morgan fingerprint density at radius 3 is 2.78 bits per heavy atom. The van der Waals surface area contributed by atoms with Crippen LogP contribution in [0.15, 0.2) is 24.3 Å². The highest BCUT2D eigenvalue weighted by Gasteiger charge is 2.26. The molecule has 1 atom stereocenters. The molecule has 2 aromatic rings. The molecular weight excluding hydrogens is 367 g/mol. The highest BCUT2D eigenvalue weighted by Crippen LogP contribution is 2.25. The highest BCUT2D eigenvalue weighted by atomic mass is 32.1. The molecule has 1 aliphatic rings. The number of nitrogens with zero attached hydrogens (tertiary/aromatic N) is 3.